The molecule has 7 rings (SSSR count). The number of oxazole rings is 2. The summed E-state index contributed by atoms with van der Waals surface area (Å²) in [6.07, 6.45) is 1.63. The first-order valence-electron chi connectivity index (χ1n) is 16.5. The number of rotatable bonds is 10. The Labute approximate surface area is 287 Å². The first-order valence-corrected chi connectivity index (χ1v) is 18.1. The van der Waals surface area contributed by atoms with Crippen molar-refractivity contribution in [1.82, 2.24) is 19.2 Å². The highest BCUT2D eigenvalue weighted by Crippen LogP contribution is 2.39. The molecule has 0 aliphatic carbocycles. The highest BCUT2D eigenvalue weighted by molar-refractivity contribution is 7.89. The maximum absolute atomic E-state index is 13.4. The first kappa shape index (κ1) is 33.8. The average molecular weight is 707 g/mol. The van der Waals surface area contributed by atoms with Gasteiger partial charge in [0.2, 0.25) is 21.8 Å². The summed E-state index contributed by atoms with van der Waals surface area (Å²) in [6.45, 7) is 3.66. The van der Waals surface area contributed by atoms with Crippen molar-refractivity contribution in [3.63, 3.8) is 0 Å². The van der Waals surface area contributed by atoms with Gasteiger partial charge >= 0.3 is 12.6 Å². The van der Waals surface area contributed by atoms with Gasteiger partial charge in [0.05, 0.1) is 18.0 Å². The zero-order valence-corrected chi connectivity index (χ0v) is 28.6. The van der Waals surface area contributed by atoms with Gasteiger partial charge in [-0.3, -0.25) is 9.69 Å². The van der Waals surface area contributed by atoms with Crippen LogP contribution in [0.1, 0.15) is 47.9 Å². The van der Waals surface area contributed by atoms with E-state index >= 15 is 0 Å². The number of nitrogens with zero attached hydrogens (tertiary/aromatic N) is 4. The summed E-state index contributed by atoms with van der Waals surface area (Å²) in [6, 6.07) is 13.9. The SMILES string of the molecule is CCS(=O)(=O)N1CCc2oc(-c3cccc(-c4cccc(-c5nc6cc(CN7CCC[C@H]7C(=O)O)c(OC(F)F)cc6o5)c4C)c3C)nc2C1. The topological polar surface area (TPSA) is 139 Å². The Bertz CT molecular complexity index is 2220. The smallest absolute Gasteiger partial charge is 0.387 e. The van der Waals surface area contributed by atoms with Crippen LogP contribution in [-0.2, 0) is 34.3 Å². The van der Waals surface area contributed by atoms with E-state index in [1.807, 2.05) is 50.2 Å². The summed E-state index contributed by atoms with van der Waals surface area (Å²) in [5, 5.41) is 9.63. The number of ether oxygens (including phenoxy) is 1. The van der Waals surface area contributed by atoms with Crippen molar-refractivity contribution in [3.05, 3.63) is 76.7 Å². The second kappa shape index (κ2) is 13.2. The average Bonchev–Trinajstić information content (AvgIpc) is 3.83. The molecule has 0 unspecified atom stereocenters. The van der Waals surface area contributed by atoms with Gasteiger partial charge in [-0.05, 0) is 80.6 Å². The quantitative estimate of drug-likeness (QED) is 0.165. The van der Waals surface area contributed by atoms with Crippen LogP contribution in [0.15, 0.2) is 57.4 Å². The van der Waals surface area contributed by atoms with E-state index in [2.05, 4.69) is 0 Å². The molecule has 1 saturated heterocycles. The maximum Gasteiger partial charge on any atom is 0.387 e. The summed E-state index contributed by atoms with van der Waals surface area (Å²) in [7, 11) is -3.35. The van der Waals surface area contributed by atoms with Crippen LogP contribution in [0, 0.1) is 13.8 Å². The van der Waals surface area contributed by atoms with Crippen LogP contribution in [0.3, 0.4) is 0 Å². The van der Waals surface area contributed by atoms with E-state index in [1.54, 1.807) is 17.9 Å². The number of hydrogen-bond acceptors (Lipinski definition) is 9. The Morgan fingerprint density at radius 1 is 1.00 bits per heavy atom. The third kappa shape index (κ3) is 6.27. The number of likely N-dealkylation sites (tertiary alicyclic amines) is 1. The molecule has 1 fully saturated rings. The van der Waals surface area contributed by atoms with Crippen molar-refractivity contribution in [1.29, 1.82) is 0 Å². The normalized spacial score (nSPS) is 17.1. The number of hydrogen-bond donors (Lipinski definition) is 1. The van der Waals surface area contributed by atoms with Gasteiger partial charge in [0.1, 0.15) is 23.1 Å². The van der Waals surface area contributed by atoms with Crippen LogP contribution in [0.2, 0.25) is 0 Å². The van der Waals surface area contributed by atoms with E-state index in [9.17, 15) is 27.1 Å². The van der Waals surface area contributed by atoms with Crippen LogP contribution in [-0.4, -0.2) is 70.2 Å². The molecule has 1 atom stereocenters. The van der Waals surface area contributed by atoms with Crippen LogP contribution >= 0.6 is 0 Å². The Balaban J connectivity index is 1.22. The minimum atomic E-state index is -3.35. The molecule has 262 valence electrons. The number of benzene rings is 3. The Morgan fingerprint density at radius 2 is 1.66 bits per heavy atom. The van der Waals surface area contributed by atoms with Gasteiger partial charge in [-0.15, -0.1) is 0 Å². The van der Waals surface area contributed by atoms with Gasteiger partial charge < -0.3 is 18.7 Å². The Kier molecular flexibility index (Phi) is 8.95. The number of fused-ring (bicyclic) bond motifs is 2. The number of halogens is 2. The van der Waals surface area contributed by atoms with Crippen molar-refractivity contribution >= 4 is 27.1 Å². The molecule has 0 spiro atoms. The number of sulfonamides is 1. The molecule has 11 nitrogen and oxygen atoms in total. The fourth-order valence-corrected chi connectivity index (χ4v) is 8.04. The van der Waals surface area contributed by atoms with E-state index in [1.165, 1.54) is 10.4 Å². The van der Waals surface area contributed by atoms with E-state index in [0.29, 0.717) is 72.2 Å². The molecule has 14 heteroatoms. The molecule has 0 amide bonds. The molecular weight excluding hydrogens is 670 g/mol. The number of aliphatic carboxylic acids is 1. The summed E-state index contributed by atoms with van der Waals surface area (Å²) in [5.41, 5.74) is 6.84. The Hall–Kier alpha value is -4.66. The number of carboxylic acids is 1. The highest BCUT2D eigenvalue weighted by Gasteiger charge is 2.32. The third-order valence-electron chi connectivity index (χ3n) is 9.68. The van der Waals surface area contributed by atoms with Gasteiger partial charge in [-0.1, -0.05) is 24.3 Å². The second-order valence-corrected chi connectivity index (χ2v) is 14.9. The van der Waals surface area contributed by atoms with E-state index in [-0.39, 0.29) is 30.2 Å². The van der Waals surface area contributed by atoms with Crippen molar-refractivity contribution < 1.29 is 40.7 Å². The summed E-state index contributed by atoms with van der Waals surface area (Å²) in [4.78, 5) is 22.9. The predicted octanol–water partition coefficient (Wildman–Crippen LogP) is 6.79. The highest BCUT2D eigenvalue weighted by atomic mass is 32.2. The minimum Gasteiger partial charge on any atom is -0.480 e. The largest absolute Gasteiger partial charge is 0.480 e. The minimum absolute atomic E-state index is 0.0269. The van der Waals surface area contributed by atoms with Gasteiger partial charge in [-0.2, -0.15) is 13.1 Å². The van der Waals surface area contributed by atoms with E-state index in [0.717, 1.165) is 27.8 Å². The molecule has 2 aromatic heterocycles. The lowest BCUT2D eigenvalue weighted by molar-refractivity contribution is -0.142. The fourth-order valence-electron chi connectivity index (χ4n) is 6.98. The lowest BCUT2D eigenvalue weighted by Gasteiger charge is -2.23. The van der Waals surface area contributed by atoms with Crippen LogP contribution in [0.4, 0.5) is 8.78 Å². The molecule has 3 aromatic carbocycles. The molecule has 5 aromatic rings. The van der Waals surface area contributed by atoms with Crippen LogP contribution in [0.25, 0.3) is 45.1 Å². The molecule has 50 heavy (non-hydrogen) atoms. The number of carboxylic acid groups (broad SMARTS) is 1. The zero-order chi connectivity index (χ0) is 35.3. The van der Waals surface area contributed by atoms with Crippen molar-refractivity contribution in [3.8, 4) is 39.8 Å². The number of alkyl halides is 2. The first-order chi connectivity index (χ1) is 23.9. The maximum atomic E-state index is 13.4. The Morgan fingerprint density at radius 3 is 2.30 bits per heavy atom. The van der Waals surface area contributed by atoms with Gasteiger partial charge in [0.15, 0.2) is 5.58 Å². The van der Waals surface area contributed by atoms with Gasteiger partial charge in [0, 0.05) is 42.3 Å². The fraction of sp³-hybridized carbons (Fsp3) is 0.361. The molecule has 1 N–H and O–H groups in total. The van der Waals surface area contributed by atoms with Gasteiger partial charge in [-0.25, -0.2) is 18.4 Å². The lowest BCUT2D eigenvalue weighted by Crippen LogP contribution is -2.36. The molecule has 0 radical (unpaired) electrons. The third-order valence-corrected chi connectivity index (χ3v) is 11.5. The van der Waals surface area contributed by atoms with Crippen molar-refractivity contribution in [2.24, 2.45) is 0 Å². The summed E-state index contributed by atoms with van der Waals surface area (Å²) >= 11 is 0. The predicted molar refractivity (Wildman–Crippen MR) is 181 cm³/mol. The van der Waals surface area contributed by atoms with Gasteiger partial charge in [0.25, 0.3) is 0 Å². The van der Waals surface area contributed by atoms with Crippen LogP contribution < -0.4 is 4.74 Å². The van der Waals surface area contributed by atoms with E-state index in [4.69, 9.17) is 23.5 Å². The monoisotopic (exact) mass is 706 g/mol. The van der Waals surface area contributed by atoms with E-state index < -0.39 is 28.6 Å². The number of carbonyl (C=O) groups is 1. The molecular formula is C36H36F2N4O7S. The standard InChI is InChI=1S/C36H36F2N4O7S/c1-4-50(45,46)42-15-13-30-28(19-42)40-34(47-30)26-11-6-9-24(21(26)3)23-8-5-10-25(20(23)2)33-39-27-16-22(18-41-14-7-12-29(41)35(43)44)31(49-36(37)38)17-32(27)48-33/h5-6,8-11,16-17,29,36H,4,7,12-15,18-19H2,1-3H3,(H,43,44)/t29-/m0/s1. The second-order valence-electron chi connectivity index (χ2n) is 12.6. The van der Waals surface area contributed by atoms with Crippen molar-refractivity contribution in [2.45, 2.75) is 65.8 Å². The molecule has 2 aliphatic rings. The zero-order valence-electron chi connectivity index (χ0n) is 27.8. The lowest BCUT2D eigenvalue weighted by atomic mass is 9.91. The summed E-state index contributed by atoms with van der Waals surface area (Å²) in [5.74, 6) is 0.407. The summed E-state index contributed by atoms with van der Waals surface area (Å²) < 4.78 is 70.4. The van der Waals surface area contributed by atoms with Crippen LogP contribution in [0.5, 0.6) is 5.75 Å². The van der Waals surface area contributed by atoms with Crippen molar-refractivity contribution in [2.75, 3.05) is 18.8 Å². The molecule has 0 saturated carbocycles. The molecule has 0 bridgehead atoms. The number of aromatic nitrogens is 2. The molecule has 4 heterocycles. The molecule has 2 aliphatic heterocycles.